The molecule has 152 valence electrons. The van der Waals surface area contributed by atoms with E-state index in [2.05, 4.69) is 21.2 Å². The van der Waals surface area contributed by atoms with E-state index in [1.807, 2.05) is 32.0 Å². The van der Waals surface area contributed by atoms with E-state index in [9.17, 15) is 9.90 Å². The summed E-state index contributed by atoms with van der Waals surface area (Å²) in [4.78, 5) is 11.3. The maximum Gasteiger partial charge on any atom is 0.320 e. The molecule has 28 heavy (non-hydrogen) atoms. The Labute approximate surface area is 183 Å². The molecule has 0 saturated heterocycles. The van der Waals surface area contributed by atoms with Gasteiger partial charge < -0.3 is 19.9 Å². The Bertz CT molecular complexity index is 845. The molecule has 2 aromatic carbocycles. The first-order valence-electron chi connectivity index (χ1n) is 8.62. The van der Waals surface area contributed by atoms with Gasteiger partial charge in [-0.25, -0.2) is 0 Å². The molecule has 0 saturated carbocycles. The number of benzene rings is 2. The summed E-state index contributed by atoms with van der Waals surface area (Å²) in [5.74, 6) is 0.192. The zero-order valence-corrected chi connectivity index (χ0v) is 18.9. The van der Waals surface area contributed by atoms with Crippen LogP contribution >= 0.6 is 39.1 Å². The number of carboxylic acid groups (broad SMARTS) is 1. The van der Waals surface area contributed by atoms with Crippen LogP contribution in [-0.4, -0.2) is 24.2 Å². The predicted molar refractivity (Wildman–Crippen MR) is 115 cm³/mol. The Morgan fingerprint density at radius 1 is 1.18 bits per heavy atom. The zero-order chi connectivity index (χ0) is 20.8. The molecule has 0 amide bonds. The Kier molecular flexibility index (Phi) is 8.43. The zero-order valence-electron chi connectivity index (χ0n) is 15.8. The monoisotopic (exact) mass is 489 g/mol. The molecule has 8 heteroatoms. The number of nitrogens with one attached hydrogen (secondary N) is 1. The number of aliphatic carboxylic acids is 1. The van der Waals surface area contributed by atoms with Crippen molar-refractivity contribution in [3.8, 4) is 11.5 Å². The average molecular weight is 491 g/mol. The van der Waals surface area contributed by atoms with Crippen LogP contribution in [0.5, 0.6) is 11.5 Å². The Morgan fingerprint density at radius 3 is 2.46 bits per heavy atom. The lowest BCUT2D eigenvalue weighted by atomic mass is 10.0. The van der Waals surface area contributed by atoms with Crippen LogP contribution in [0.3, 0.4) is 0 Å². The highest BCUT2D eigenvalue weighted by Crippen LogP contribution is 2.37. The van der Waals surface area contributed by atoms with Gasteiger partial charge in [-0.15, -0.1) is 0 Å². The molecule has 1 unspecified atom stereocenters. The first-order valence-corrected chi connectivity index (χ1v) is 10.2. The molecule has 0 bridgehead atoms. The van der Waals surface area contributed by atoms with E-state index in [-0.39, 0.29) is 12.5 Å². The predicted octanol–water partition coefficient (Wildman–Crippen LogP) is 5.54. The van der Waals surface area contributed by atoms with Crippen molar-refractivity contribution in [2.24, 2.45) is 5.92 Å². The van der Waals surface area contributed by atoms with Crippen molar-refractivity contribution in [3.63, 3.8) is 0 Å². The van der Waals surface area contributed by atoms with Crippen LogP contribution in [0.2, 0.25) is 10.0 Å². The highest BCUT2D eigenvalue weighted by Gasteiger charge is 2.21. The highest BCUT2D eigenvalue weighted by atomic mass is 79.9. The third-order valence-corrected chi connectivity index (χ3v) is 5.44. The van der Waals surface area contributed by atoms with Crippen molar-refractivity contribution >= 4 is 45.1 Å². The number of methoxy groups -OCH3 is 1. The summed E-state index contributed by atoms with van der Waals surface area (Å²) in [6.45, 7) is 4.40. The molecule has 0 spiro atoms. The quantitative estimate of drug-likeness (QED) is 0.482. The Morgan fingerprint density at radius 2 is 1.89 bits per heavy atom. The van der Waals surface area contributed by atoms with E-state index in [1.165, 1.54) is 0 Å². The number of halogens is 3. The molecule has 2 rings (SSSR count). The molecule has 0 radical (unpaired) electrons. The van der Waals surface area contributed by atoms with Gasteiger partial charge in [-0.05, 0) is 57.2 Å². The van der Waals surface area contributed by atoms with Gasteiger partial charge in [0, 0.05) is 6.54 Å². The molecule has 5 nitrogen and oxygen atoms in total. The van der Waals surface area contributed by atoms with Gasteiger partial charge in [-0.2, -0.15) is 0 Å². The standard InChI is InChI=1S/C20H22BrCl2NO4/c1-11(2)18(20(25)26)24-9-13-6-14(21)19(17(8-13)27-3)28-10-12-4-5-15(22)16(23)7-12/h4-8,11,18,24H,9-10H2,1-3H3,(H,25,26). The number of rotatable bonds is 9. The van der Waals surface area contributed by atoms with Crippen LogP contribution in [-0.2, 0) is 17.9 Å². The van der Waals surface area contributed by atoms with Crippen LogP contribution in [0.25, 0.3) is 0 Å². The molecule has 1 atom stereocenters. The van der Waals surface area contributed by atoms with Gasteiger partial charge >= 0.3 is 5.97 Å². The van der Waals surface area contributed by atoms with Crippen LogP contribution in [0, 0.1) is 5.92 Å². The molecule has 2 aromatic rings. The lowest BCUT2D eigenvalue weighted by Crippen LogP contribution is -2.40. The summed E-state index contributed by atoms with van der Waals surface area (Å²) >= 11 is 15.5. The van der Waals surface area contributed by atoms with Gasteiger partial charge in [0.15, 0.2) is 11.5 Å². The number of ether oxygens (including phenoxy) is 2. The van der Waals surface area contributed by atoms with E-state index in [0.717, 1.165) is 11.1 Å². The van der Waals surface area contributed by atoms with Crippen LogP contribution in [0.4, 0.5) is 0 Å². The minimum atomic E-state index is -0.873. The summed E-state index contributed by atoms with van der Waals surface area (Å²) in [6.07, 6.45) is 0. The lowest BCUT2D eigenvalue weighted by molar-refractivity contribution is -0.140. The number of hydrogen-bond donors (Lipinski definition) is 2. The van der Waals surface area contributed by atoms with Crippen LogP contribution < -0.4 is 14.8 Å². The third-order valence-electron chi connectivity index (χ3n) is 4.12. The van der Waals surface area contributed by atoms with Gasteiger partial charge in [0.1, 0.15) is 12.6 Å². The molecule has 0 heterocycles. The van der Waals surface area contributed by atoms with Gasteiger partial charge in [0.05, 0.1) is 21.6 Å². The molecule has 0 aliphatic rings. The fourth-order valence-electron chi connectivity index (χ4n) is 2.64. The van der Waals surface area contributed by atoms with Crippen molar-refractivity contribution in [1.82, 2.24) is 5.32 Å². The van der Waals surface area contributed by atoms with Gasteiger partial charge in [0.2, 0.25) is 0 Å². The smallest absolute Gasteiger partial charge is 0.320 e. The SMILES string of the molecule is COc1cc(CNC(C(=O)O)C(C)C)cc(Br)c1OCc1ccc(Cl)c(Cl)c1. The topological polar surface area (TPSA) is 67.8 Å². The van der Waals surface area contributed by atoms with Crippen LogP contribution in [0.1, 0.15) is 25.0 Å². The number of carbonyl (C=O) groups is 1. The van der Waals surface area contributed by atoms with Gasteiger partial charge in [-0.1, -0.05) is 43.1 Å². The fourth-order valence-corrected chi connectivity index (χ4v) is 3.56. The fraction of sp³-hybridized carbons (Fsp3) is 0.350. The summed E-state index contributed by atoms with van der Waals surface area (Å²) in [7, 11) is 1.55. The molecular formula is C20H22BrCl2NO4. The first kappa shape index (κ1) is 22.8. The van der Waals surface area contributed by atoms with Crippen molar-refractivity contribution < 1.29 is 19.4 Å². The second-order valence-electron chi connectivity index (χ2n) is 6.59. The maximum atomic E-state index is 11.3. The van der Waals surface area contributed by atoms with E-state index in [0.29, 0.717) is 32.6 Å². The largest absolute Gasteiger partial charge is 0.493 e. The van der Waals surface area contributed by atoms with Crippen molar-refractivity contribution in [3.05, 3.63) is 56.0 Å². The molecule has 0 fully saturated rings. The minimum Gasteiger partial charge on any atom is -0.493 e. The van der Waals surface area contributed by atoms with Gasteiger partial charge in [0.25, 0.3) is 0 Å². The Hall–Kier alpha value is -1.47. The highest BCUT2D eigenvalue weighted by molar-refractivity contribution is 9.10. The third kappa shape index (κ3) is 6.01. The summed E-state index contributed by atoms with van der Waals surface area (Å²) < 4.78 is 12.1. The summed E-state index contributed by atoms with van der Waals surface area (Å²) in [5.41, 5.74) is 1.74. The second kappa shape index (κ2) is 10.3. The van der Waals surface area contributed by atoms with E-state index in [1.54, 1.807) is 19.2 Å². The average Bonchev–Trinajstić information content (AvgIpc) is 2.62. The van der Waals surface area contributed by atoms with Crippen molar-refractivity contribution in [2.75, 3.05) is 7.11 Å². The second-order valence-corrected chi connectivity index (χ2v) is 8.26. The first-order chi connectivity index (χ1) is 13.2. The normalized spacial score (nSPS) is 12.1. The number of hydrogen-bond acceptors (Lipinski definition) is 4. The molecule has 0 aliphatic heterocycles. The van der Waals surface area contributed by atoms with Gasteiger partial charge in [-0.3, -0.25) is 4.79 Å². The lowest BCUT2D eigenvalue weighted by Gasteiger charge is -2.19. The van der Waals surface area contributed by atoms with E-state index < -0.39 is 12.0 Å². The minimum absolute atomic E-state index is 0.0309. The molecule has 0 aliphatic carbocycles. The Balaban J connectivity index is 2.14. The number of carboxylic acids is 1. The molecular weight excluding hydrogens is 469 g/mol. The summed E-state index contributed by atoms with van der Waals surface area (Å²) in [5, 5.41) is 13.3. The molecule has 2 N–H and O–H groups in total. The molecule has 0 aromatic heterocycles. The van der Waals surface area contributed by atoms with Crippen molar-refractivity contribution in [2.45, 2.75) is 33.0 Å². The van der Waals surface area contributed by atoms with Crippen molar-refractivity contribution in [1.29, 1.82) is 0 Å². The summed E-state index contributed by atoms with van der Waals surface area (Å²) in [6, 6.07) is 8.37. The van der Waals surface area contributed by atoms with Crippen LogP contribution in [0.15, 0.2) is 34.8 Å². The van der Waals surface area contributed by atoms with E-state index in [4.69, 9.17) is 32.7 Å². The maximum absolute atomic E-state index is 11.3. The van der Waals surface area contributed by atoms with E-state index >= 15 is 0 Å².